The van der Waals surface area contributed by atoms with E-state index in [0.717, 1.165) is 6.42 Å². The number of nitrogens with one attached hydrogen (secondary N) is 2. The Kier molecular flexibility index (Phi) is 7.10. The molecule has 2 unspecified atom stereocenters. The van der Waals surface area contributed by atoms with Gasteiger partial charge in [-0.1, -0.05) is 0 Å². The molecule has 0 aromatic carbocycles. The van der Waals surface area contributed by atoms with Crippen molar-refractivity contribution in [3.63, 3.8) is 0 Å². The average Bonchev–Trinajstić information content (AvgIpc) is 3.18. The lowest BCUT2D eigenvalue weighted by atomic mass is 10.0. The Balaban J connectivity index is 1.87. The molecule has 0 bridgehead atoms. The normalized spacial score (nSPS) is 21.3. The van der Waals surface area contributed by atoms with Gasteiger partial charge in [-0.25, -0.2) is 4.99 Å². The molecule has 0 radical (unpaired) electrons. The van der Waals surface area contributed by atoms with Crippen LogP contribution >= 0.6 is 0 Å². The molecule has 0 aliphatic carbocycles. The summed E-state index contributed by atoms with van der Waals surface area (Å²) in [5, 5.41) is 20.9. The van der Waals surface area contributed by atoms with E-state index in [1.54, 1.807) is 31.0 Å². The van der Waals surface area contributed by atoms with Gasteiger partial charge in [-0.3, -0.25) is 9.58 Å². The second-order valence-electron chi connectivity index (χ2n) is 7.26. The maximum atomic E-state index is 12.5. The second kappa shape index (κ2) is 8.92. The Morgan fingerprint density at radius 1 is 1.41 bits per heavy atom. The molecule has 2 heterocycles. The molecule has 1 aromatic heterocycles. The van der Waals surface area contributed by atoms with Crippen molar-refractivity contribution >= 4 is 5.96 Å². The van der Waals surface area contributed by atoms with E-state index in [4.69, 9.17) is 0 Å². The van der Waals surface area contributed by atoms with E-state index < -0.39 is 18.3 Å². The van der Waals surface area contributed by atoms with Crippen molar-refractivity contribution < 1.29 is 18.3 Å². The monoisotopic (exact) mass is 390 g/mol. The zero-order chi connectivity index (χ0) is 20.1. The van der Waals surface area contributed by atoms with Crippen molar-refractivity contribution in [1.29, 1.82) is 0 Å². The van der Waals surface area contributed by atoms with E-state index in [1.807, 2.05) is 6.92 Å². The van der Waals surface area contributed by atoms with Crippen LogP contribution < -0.4 is 10.6 Å². The van der Waals surface area contributed by atoms with Crippen LogP contribution in [0.3, 0.4) is 0 Å². The van der Waals surface area contributed by atoms with Gasteiger partial charge in [0.15, 0.2) is 5.96 Å². The summed E-state index contributed by atoms with van der Waals surface area (Å²) in [6, 6.07) is 0. The highest BCUT2D eigenvalue weighted by Gasteiger charge is 2.34. The number of rotatable bonds is 7. The smallest absolute Gasteiger partial charge is 0.383 e. The summed E-state index contributed by atoms with van der Waals surface area (Å²) in [5.41, 5.74) is -0.490. The minimum Gasteiger partial charge on any atom is -0.383 e. The highest BCUT2D eigenvalue weighted by Crippen LogP contribution is 2.22. The third kappa shape index (κ3) is 7.02. The van der Waals surface area contributed by atoms with E-state index in [9.17, 15) is 18.3 Å². The summed E-state index contributed by atoms with van der Waals surface area (Å²) in [5.74, 6) is 0.672. The standard InChI is InChI=1S/C17H29F3N6O/c1-4-21-15(23-11-16(2,27)14-8-24-25(3)10-14)22-7-13-5-6-26(9-13)12-17(18,19)20/h8,10,13,27H,4-7,9,11-12H2,1-3H3,(H2,21,22,23). The minimum atomic E-state index is -4.16. The van der Waals surface area contributed by atoms with Gasteiger partial charge in [-0.15, -0.1) is 0 Å². The highest BCUT2D eigenvalue weighted by atomic mass is 19.4. The molecule has 154 valence electrons. The zero-order valence-electron chi connectivity index (χ0n) is 16.1. The summed E-state index contributed by atoms with van der Waals surface area (Å²) >= 11 is 0. The minimum absolute atomic E-state index is 0.134. The zero-order valence-corrected chi connectivity index (χ0v) is 16.1. The van der Waals surface area contributed by atoms with Gasteiger partial charge in [0.1, 0.15) is 5.60 Å². The Hall–Kier alpha value is -1.81. The molecule has 10 heteroatoms. The highest BCUT2D eigenvalue weighted by molar-refractivity contribution is 5.79. The SMILES string of the molecule is CCNC(=NCC(C)(O)c1cnn(C)c1)NCC1CCN(CC(F)(F)F)C1. The van der Waals surface area contributed by atoms with Crippen LogP contribution in [0.2, 0.25) is 0 Å². The van der Waals surface area contributed by atoms with Gasteiger partial charge in [-0.05, 0) is 32.7 Å². The Bertz CT molecular complexity index is 628. The number of aryl methyl sites for hydroxylation is 1. The largest absolute Gasteiger partial charge is 0.401 e. The third-order valence-corrected chi connectivity index (χ3v) is 4.55. The molecule has 2 atom stereocenters. The molecule has 1 aliphatic rings. The first-order chi connectivity index (χ1) is 12.6. The lowest BCUT2D eigenvalue weighted by Gasteiger charge is -2.21. The summed E-state index contributed by atoms with van der Waals surface area (Å²) in [6.07, 6.45) is -0.0975. The molecule has 3 N–H and O–H groups in total. The molecule has 27 heavy (non-hydrogen) atoms. The number of guanidine groups is 1. The number of likely N-dealkylation sites (tertiary alicyclic amines) is 1. The van der Waals surface area contributed by atoms with Gasteiger partial charge < -0.3 is 15.7 Å². The topological polar surface area (TPSA) is 77.7 Å². The van der Waals surface area contributed by atoms with E-state index >= 15 is 0 Å². The molecular formula is C17H29F3N6O. The maximum absolute atomic E-state index is 12.5. The molecule has 1 aromatic rings. The predicted molar refractivity (Wildman–Crippen MR) is 97.4 cm³/mol. The fourth-order valence-electron chi connectivity index (χ4n) is 3.08. The lowest BCUT2D eigenvalue weighted by molar-refractivity contribution is -0.143. The van der Waals surface area contributed by atoms with Crippen LogP contribution in [-0.4, -0.2) is 71.2 Å². The first-order valence-corrected chi connectivity index (χ1v) is 9.12. The quantitative estimate of drug-likeness (QED) is 0.480. The summed E-state index contributed by atoms with van der Waals surface area (Å²) in [6.45, 7) is 4.93. The molecule has 2 rings (SSSR count). The van der Waals surface area contributed by atoms with Crippen LogP contribution in [0, 0.1) is 5.92 Å². The van der Waals surface area contributed by atoms with Crippen LogP contribution in [0.15, 0.2) is 17.4 Å². The van der Waals surface area contributed by atoms with Crippen LogP contribution in [0.4, 0.5) is 13.2 Å². The predicted octanol–water partition coefficient (Wildman–Crippen LogP) is 1.07. The van der Waals surface area contributed by atoms with Gasteiger partial charge in [0, 0.05) is 38.4 Å². The summed E-state index contributed by atoms with van der Waals surface area (Å²) < 4.78 is 39.1. The fraction of sp³-hybridized carbons (Fsp3) is 0.765. The summed E-state index contributed by atoms with van der Waals surface area (Å²) in [4.78, 5) is 5.86. The van der Waals surface area contributed by atoms with Crippen molar-refractivity contribution in [3.05, 3.63) is 18.0 Å². The fourth-order valence-corrected chi connectivity index (χ4v) is 3.08. The van der Waals surface area contributed by atoms with Crippen molar-refractivity contribution in [2.24, 2.45) is 18.0 Å². The van der Waals surface area contributed by atoms with Gasteiger partial charge in [0.05, 0.1) is 19.3 Å². The second-order valence-corrected chi connectivity index (χ2v) is 7.26. The van der Waals surface area contributed by atoms with Crippen molar-refractivity contribution in [1.82, 2.24) is 25.3 Å². The number of aromatic nitrogens is 2. The number of aliphatic imine (C=N–C) groups is 1. The maximum Gasteiger partial charge on any atom is 0.401 e. The van der Waals surface area contributed by atoms with E-state index in [2.05, 4.69) is 20.7 Å². The van der Waals surface area contributed by atoms with Gasteiger partial charge in [0.25, 0.3) is 0 Å². The van der Waals surface area contributed by atoms with Gasteiger partial charge in [0.2, 0.25) is 0 Å². The molecule has 0 amide bonds. The first kappa shape index (κ1) is 21.5. The van der Waals surface area contributed by atoms with Crippen molar-refractivity contribution in [3.8, 4) is 0 Å². The van der Waals surface area contributed by atoms with Gasteiger partial charge in [-0.2, -0.15) is 18.3 Å². The van der Waals surface area contributed by atoms with Crippen molar-refractivity contribution in [2.75, 3.05) is 39.3 Å². The lowest BCUT2D eigenvalue weighted by Crippen LogP contribution is -2.41. The van der Waals surface area contributed by atoms with Crippen LogP contribution in [0.1, 0.15) is 25.8 Å². The van der Waals surface area contributed by atoms with Crippen LogP contribution in [0.25, 0.3) is 0 Å². The van der Waals surface area contributed by atoms with Gasteiger partial charge >= 0.3 is 6.18 Å². The van der Waals surface area contributed by atoms with Crippen molar-refractivity contribution in [2.45, 2.75) is 32.0 Å². The number of aliphatic hydroxyl groups is 1. The van der Waals surface area contributed by atoms with Crippen LogP contribution in [-0.2, 0) is 12.6 Å². The van der Waals surface area contributed by atoms with E-state index in [1.165, 1.54) is 4.90 Å². The molecular weight excluding hydrogens is 361 g/mol. The molecule has 1 aliphatic heterocycles. The first-order valence-electron chi connectivity index (χ1n) is 9.12. The average molecular weight is 390 g/mol. The summed E-state index contributed by atoms with van der Waals surface area (Å²) in [7, 11) is 1.78. The Labute approximate surface area is 157 Å². The Morgan fingerprint density at radius 2 is 2.15 bits per heavy atom. The Morgan fingerprint density at radius 3 is 2.74 bits per heavy atom. The number of nitrogens with zero attached hydrogens (tertiary/aromatic N) is 4. The number of alkyl halides is 3. The number of hydrogen-bond acceptors (Lipinski definition) is 4. The molecule has 7 nitrogen and oxygen atoms in total. The third-order valence-electron chi connectivity index (χ3n) is 4.55. The molecule has 1 fully saturated rings. The van der Waals surface area contributed by atoms with E-state index in [-0.39, 0.29) is 12.5 Å². The molecule has 0 saturated carbocycles. The molecule has 1 saturated heterocycles. The number of hydrogen-bond donors (Lipinski definition) is 3. The molecule has 0 spiro atoms. The van der Waals surface area contributed by atoms with E-state index in [0.29, 0.717) is 37.7 Å². The van der Waals surface area contributed by atoms with Crippen LogP contribution in [0.5, 0.6) is 0 Å². The number of halogens is 3.